The van der Waals surface area contributed by atoms with E-state index in [9.17, 15) is 9.59 Å². The third-order valence-electron chi connectivity index (χ3n) is 5.57. The molecule has 1 N–H and O–H groups in total. The van der Waals surface area contributed by atoms with Crippen LogP contribution >= 0.6 is 0 Å². The number of amides is 1. The quantitative estimate of drug-likeness (QED) is 0.926. The Bertz CT molecular complexity index is 628. The first kappa shape index (κ1) is 15.3. The van der Waals surface area contributed by atoms with Crippen molar-refractivity contribution in [1.29, 1.82) is 0 Å². The van der Waals surface area contributed by atoms with Gasteiger partial charge in [0.25, 0.3) is 11.5 Å². The minimum absolute atomic E-state index is 0.215. The van der Waals surface area contributed by atoms with Crippen molar-refractivity contribution in [3.05, 3.63) is 27.2 Å². The Morgan fingerprint density at radius 1 is 1.18 bits per heavy atom. The monoisotopic (exact) mass is 303 g/mol. The molecule has 1 aromatic heterocycles. The van der Waals surface area contributed by atoms with Gasteiger partial charge in [0.1, 0.15) is 5.56 Å². The van der Waals surface area contributed by atoms with Gasteiger partial charge in [-0.15, -0.1) is 0 Å². The zero-order valence-corrected chi connectivity index (χ0v) is 13.7. The fraction of sp³-hybridized carbons (Fsp3) is 0.706. The van der Waals surface area contributed by atoms with Gasteiger partial charge in [-0.1, -0.05) is 12.8 Å². The van der Waals surface area contributed by atoms with Crippen LogP contribution in [-0.4, -0.2) is 21.7 Å². The highest BCUT2D eigenvalue weighted by Crippen LogP contribution is 2.40. The molecule has 0 aromatic carbocycles. The molecule has 2 saturated carbocycles. The minimum atomic E-state index is -0.304. The van der Waals surface area contributed by atoms with E-state index in [-0.39, 0.29) is 23.1 Å². The molecule has 5 nitrogen and oxygen atoms in total. The molecule has 0 spiro atoms. The highest BCUT2D eigenvalue weighted by Gasteiger charge is 2.37. The zero-order chi connectivity index (χ0) is 15.9. The van der Waals surface area contributed by atoms with E-state index in [2.05, 4.69) is 10.4 Å². The molecule has 0 aliphatic heterocycles. The Kier molecular flexibility index (Phi) is 4.06. The van der Waals surface area contributed by atoms with Crippen molar-refractivity contribution in [2.75, 3.05) is 0 Å². The number of rotatable bonds is 4. The largest absolute Gasteiger partial charge is 0.349 e. The van der Waals surface area contributed by atoms with Crippen LogP contribution in [0.4, 0.5) is 0 Å². The fourth-order valence-electron chi connectivity index (χ4n) is 3.56. The Hall–Kier alpha value is -1.65. The maximum absolute atomic E-state index is 12.7. The first-order chi connectivity index (χ1) is 10.5. The summed E-state index contributed by atoms with van der Waals surface area (Å²) >= 11 is 0. The molecule has 2 aliphatic carbocycles. The Labute approximate surface area is 131 Å². The highest BCUT2D eigenvalue weighted by molar-refractivity contribution is 5.95. The molecule has 0 unspecified atom stereocenters. The Balaban J connectivity index is 1.85. The van der Waals surface area contributed by atoms with Gasteiger partial charge in [-0.2, -0.15) is 5.10 Å². The van der Waals surface area contributed by atoms with E-state index >= 15 is 0 Å². The molecule has 120 valence electrons. The van der Waals surface area contributed by atoms with Crippen LogP contribution in [0.3, 0.4) is 0 Å². The molecule has 0 bridgehead atoms. The Morgan fingerprint density at radius 3 is 2.18 bits per heavy atom. The van der Waals surface area contributed by atoms with Gasteiger partial charge in [0, 0.05) is 13.1 Å². The minimum Gasteiger partial charge on any atom is -0.349 e. The van der Waals surface area contributed by atoms with Crippen LogP contribution in [0.2, 0.25) is 0 Å². The number of nitrogens with one attached hydrogen (secondary N) is 1. The van der Waals surface area contributed by atoms with Crippen LogP contribution in [0.5, 0.6) is 0 Å². The van der Waals surface area contributed by atoms with Crippen LogP contribution in [0.25, 0.3) is 0 Å². The molecule has 22 heavy (non-hydrogen) atoms. The van der Waals surface area contributed by atoms with Gasteiger partial charge in [-0.05, 0) is 56.9 Å². The van der Waals surface area contributed by atoms with Crippen LogP contribution in [0, 0.1) is 25.7 Å². The fourth-order valence-corrected chi connectivity index (χ4v) is 3.56. The molecular formula is C17H25N3O2. The number of nitrogens with zero attached hydrogens (tertiary/aromatic N) is 2. The lowest BCUT2D eigenvalue weighted by molar-refractivity contribution is 0.0786. The van der Waals surface area contributed by atoms with Crippen molar-refractivity contribution in [2.24, 2.45) is 18.9 Å². The first-order valence-corrected chi connectivity index (χ1v) is 8.34. The zero-order valence-electron chi connectivity index (χ0n) is 13.7. The maximum Gasteiger partial charge on any atom is 0.279 e. The van der Waals surface area contributed by atoms with E-state index in [1.165, 1.54) is 43.2 Å². The molecule has 2 fully saturated rings. The SMILES string of the molecule is Cc1nn(C)c(=O)c(C(=O)NC(C2CCC2)C2CCC2)c1C. The number of aryl methyl sites for hydroxylation is 2. The van der Waals surface area contributed by atoms with Gasteiger partial charge in [0.05, 0.1) is 5.69 Å². The molecule has 0 radical (unpaired) electrons. The summed E-state index contributed by atoms with van der Waals surface area (Å²) in [6, 6.07) is 0.243. The van der Waals surface area contributed by atoms with Gasteiger partial charge < -0.3 is 5.32 Å². The van der Waals surface area contributed by atoms with E-state index < -0.39 is 0 Å². The average molecular weight is 303 g/mol. The number of hydrogen-bond acceptors (Lipinski definition) is 3. The molecule has 2 aliphatic rings. The molecule has 3 rings (SSSR count). The molecule has 0 saturated heterocycles. The topological polar surface area (TPSA) is 64.0 Å². The van der Waals surface area contributed by atoms with Gasteiger partial charge in [0.2, 0.25) is 0 Å². The van der Waals surface area contributed by atoms with Crippen LogP contribution in [0.15, 0.2) is 4.79 Å². The second kappa shape index (κ2) is 5.86. The first-order valence-electron chi connectivity index (χ1n) is 8.34. The van der Waals surface area contributed by atoms with Crippen LogP contribution < -0.4 is 10.9 Å². The van der Waals surface area contributed by atoms with Crippen molar-refractivity contribution >= 4 is 5.91 Å². The van der Waals surface area contributed by atoms with Crippen molar-refractivity contribution < 1.29 is 4.79 Å². The van der Waals surface area contributed by atoms with Crippen molar-refractivity contribution in [3.63, 3.8) is 0 Å². The third-order valence-corrected chi connectivity index (χ3v) is 5.57. The number of hydrogen-bond donors (Lipinski definition) is 1. The van der Waals surface area contributed by atoms with E-state index in [1.54, 1.807) is 14.0 Å². The Morgan fingerprint density at radius 2 is 1.73 bits per heavy atom. The molecule has 0 atom stereocenters. The van der Waals surface area contributed by atoms with Crippen molar-refractivity contribution in [1.82, 2.24) is 15.1 Å². The lowest BCUT2D eigenvalue weighted by Gasteiger charge is -2.42. The molecular weight excluding hydrogens is 278 g/mol. The van der Waals surface area contributed by atoms with E-state index in [0.29, 0.717) is 17.4 Å². The summed E-state index contributed by atoms with van der Waals surface area (Å²) in [6.45, 7) is 3.64. The van der Waals surface area contributed by atoms with Gasteiger partial charge in [-0.3, -0.25) is 9.59 Å². The molecule has 1 heterocycles. The standard InChI is InChI=1S/C17H25N3O2/c1-10-11(2)19-20(3)17(22)14(10)16(21)18-15(12-6-4-7-12)13-8-5-9-13/h12-13,15H,4-9H2,1-3H3,(H,18,21). The van der Waals surface area contributed by atoms with Crippen molar-refractivity contribution in [2.45, 2.75) is 58.4 Å². The summed E-state index contributed by atoms with van der Waals surface area (Å²) in [5.41, 5.74) is 1.39. The number of carbonyl (C=O) groups excluding carboxylic acids is 1. The predicted octanol–water partition coefficient (Wildman–Crippen LogP) is 2.10. The molecule has 1 aromatic rings. The smallest absolute Gasteiger partial charge is 0.279 e. The van der Waals surface area contributed by atoms with Crippen LogP contribution in [0.1, 0.15) is 60.1 Å². The molecule has 5 heteroatoms. The van der Waals surface area contributed by atoms with E-state index in [1.807, 2.05) is 6.92 Å². The maximum atomic E-state index is 12.7. The third kappa shape index (κ3) is 2.57. The second-order valence-electron chi connectivity index (χ2n) is 6.90. The lowest BCUT2D eigenvalue weighted by atomic mass is 9.68. The van der Waals surface area contributed by atoms with Gasteiger partial charge in [0.15, 0.2) is 0 Å². The predicted molar refractivity (Wildman–Crippen MR) is 84.9 cm³/mol. The number of carbonyl (C=O) groups is 1. The summed E-state index contributed by atoms with van der Waals surface area (Å²) in [4.78, 5) is 25.0. The van der Waals surface area contributed by atoms with E-state index in [0.717, 1.165) is 5.69 Å². The lowest BCUT2D eigenvalue weighted by Crippen LogP contribution is -2.50. The molecule has 1 amide bonds. The van der Waals surface area contributed by atoms with Gasteiger partial charge in [-0.25, -0.2) is 4.68 Å². The van der Waals surface area contributed by atoms with Crippen LogP contribution in [-0.2, 0) is 7.05 Å². The normalized spacial score (nSPS) is 18.9. The summed E-state index contributed by atoms with van der Waals surface area (Å²) in [7, 11) is 1.60. The summed E-state index contributed by atoms with van der Waals surface area (Å²) in [5.74, 6) is 0.982. The average Bonchev–Trinajstić information content (AvgIpc) is 2.32. The van der Waals surface area contributed by atoms with Gasteiger partial charge >= 0.3 is 0 Å². The van der Waals surface area contributed by atoms with E-state index in [4.69, 9.17) is 0 Å². The summed E-state index contributed by atoms with van der Waals surface area (Å²) in [6.07, 6.45) is 7.33. The number of aromatic nitrogens is 2. The summed E-state index contributed by atoms with van der Waals surface area (Å²) < 4.78 is 1.26. The highest BCUT2D eigenvalue weighted by atomic mass is 16.2. The summed E-state index contributed by atoms with van der Waals surface area (Å²) in [5, 5.41) is 7.34. The van der Waals surface area contributed by atoms with Crippen molar-refractivity contribution in [3.8, 4) is 0 Å². The second-order valence-corrected chi connectivity index (χ2v) is 6.90.